The second kappa shape index (κ2) is 3.92. The van der Waals surface area contributed by atoms with E-state index in [0.717, 1.165) is 10.0 Å². The molecule has 0 saturated heterocycles. The molecule has 2 nitrogen and oxygen atoms in total. The molecule has 0 aliphatic rings. The van der Waals surface area contributed by atoms with Gasteiger partial charge in [-0.05, 0) is 25.1 Å². The van der Waals surface area contributed by atoms with Crippen LogP contribution in [-0.4, -0.2) is 12.2 Å². The Morgan fingerprint density at radius 1 is 1.50 bits per heavy atom. The molecule has 0 bridgehead atoms. The number of methoxy groups -OCH3 is 1. The average molecular weight is 231 g/mol. The molecule has 1 rings (SSSR count). The molecular weight excluding hydrogens is 220 g/mol. The molecule has 1 atom stereocenters. The minimum atomic E-state index is -0.0810. The van der Waals surface area contributed by atoms with Crippen molar-refractivity contribution in [2.75, 3.05) is 7.11 Å². The van der Waals surface area contributed by atoms with Crippen LogP contribution < -0.4 is 0 Å². The van der Waals surface area contributed by atoms with Gasteiger partial charge in [0.15, 0.2) is 0 Å². The van der Waals surface area contributed by atoms with E-state index >= 15 is 0 Å². The Morgan fingerprint density at radius 2 is 2.17 bits per heavy atom. The highest BCUT2D eigenvalue weighted by Crippen LogP contribution is 2.28. The first-order valence-corrected chi connectivity index (χ1v) is 4.45. The van der Waals surface area contributed by atoms with Crippen LogP contribution in [0.4, 0.5) is 0 Å². The summed E-state index contributed by atoms with van der Waals surface area (Å²) in [5, 5.41) is 9.44. The summed E-state index contributed by atoms with van der Waals surface area (Å²) in [4.78, 5) is 0. The SMILES string of the molecule is COC(C)c1cc(Br)ccc1O. The Balaban J connectivity index is 3.04. The molecule has 0 aromatic heterocycles. The topological polar surface area (TPSA) is 29.5 Å². The Bertz CT molecular complexity index is 273. The highest BCUT2D eigenvalue weighted by atomic mass is 79.9. The molecule has 0 spiro atoms. The summed E-state index contributed by atoms with van der Waals surface area (Å²) in [5.41, 5.74) is 0.798. The third kappa shape index (κ3) is 1.99. The predicted octanol–water partition coefficient (Wildman–Crippen LogP) is 2.86. The molecule has 0 fully saturated rings. The van der Waals surface area contributed by atoms with E-state index in [4.69, 9.17) is 4.74 Å². The van der Waals surface area contributed by atoms with Crippen molar-refractivity contribution >= 4 is 15.9 Å². The summed E-state index contributed by atoms with van der Waals surface area (Å²) in [7, 11) is 1.62. The smallest absolute Gasteiger partial charge is 0.121 e. The molecule has 3 heteroatoms. The van der Waals surface area contributed by atoms with Crippen LogP contribution in [0.2, 0.25) is 0 Å². The summed E-state index contributed by atoms with van der Waals surface area (Å²) in [6.45, 7) is 1.89. The highest BCUT2D eigenvalue weighted by molar-refractivity contribution is 9.10. The molecule has 66 valence electrons. The van der Waals surface area contributed by atoms with Crippen LogP contribution >= 0.6 is 15.9 Å². The number of ether oxygens (including phenoxy) is 1. The van der Waals surface area contributed by atoms with E-state index in [9.17, 15) is 5.11 Å². The van der Waals surface area contributed by atoms with Crippen molar-refractivity contribution in [3.63, 3.8) is 0 Å². The number of phenols is 1. The van der Waals surface area contributed by atoms with Crippen LogP contribution in [0.25, 0.3) is 0 Å². The van der Waals surface area contributed by atoms with Crippen molar-refractivity contribution in [2.45, 2.75) is 13.0 Å². The lowest BCUT2D eigenvalue weighted by Gasteiger charge is -2.11. The molecule has 0 heterocycles. The molecule has 0 aliphatic heterocycles. The van der Waals surface area contributed by atoms with Gasteiger partial charge in [-0.1, -0.05) is 15.9 Å². The number of hydrogen-bond acceptors (Lipinski definition) is 2. The Kier molecular flexibility index (Phi) is 3.12. The summed E-state index contributed by atoms with van der Waals surface area (Å²) in [6.07, 6.45) is -0.0810. The van der Waals surface area contributed by atoms with Crippen molar-refractivity contribution in [2.24, 2.45) is 0 Å². The summed E-state index contributed by atoms with van der Waals surface area (Å²) >= 11 is 3.33. The quantitative estimate of drug-likeness (QED) is 0.847. The van der Waals surface area contributed by atoms with E-state index in [0.29, 0.717) is 0 Å². The lowest BCUT2D eigenvalue weighted by Crippen LogP contribution is -1.95. The van der Waals surface area contributed by atoms with Gasteiger partial charge in [0.1, 0.15) is 5.75 Å². The minimum Gasteiger partial charge on any atom is -0.508 e. The Hall–Kier alpha value is -0.540. The molecule has 1 unspecified atom stereocenters. The van der Waals surface area contributed by atoms with E-state index in [2.05, 4.69) is 15.9 Å². The zero-order valence-corrected chi connectivity index (χ0v) is 8.63. The van der Waals surface area contributed by atoms with Crippen LogP contribution in [0.5, 0.6) is 5.75 Å². The lowest BCUT2D eigenvalue weighted by atomic mass is 10.1. The van der Waals surface area contributed by atoms with Gasteiger partial charge in [-0.2, -0.15) is 0 Å². The van der Waals surface area contributed by atoms with Gasteiger partial charge in [-0.3, -0.25) is 0 Å². The van der Waals surface area contributed by atoms with Crippen molar-refractivity contribution < 1.29 is 9.84 Å². The third-order valence-electron chi connectivity index (χ3n) is 1.78. The number of phenolic OH excluding ortho intramolecular Hbond substituents is 1. The maximum Gasteiger partial charge on any atom is 0.121 e. The normalized spacial score (nSPS) is 12.9. The van der Waals surface area contributed by atoms with Gasteiger partial charge in [0.25, 0.3) is 0 Å². The first-order valence-electron chi connectivity index (χ1n) is 3.66. The molecule has 1 N–H and O–H groups in total. The van der Waals surface area contributed by atoms with Crippen LogP contribution in [0.3, 0.4) is 0 Å². The molecule has 12 heavy (non-hydrogen) atoms. The van der Waals surface area contributed by atoms with Gasteiger partial charge < -0.3 is 9.84 Å². The van der Waals surface area contributed by atoms with E-state index in [1.807, 2.05) is 13.0 Å². The van der Waals surface area contributed by atoms with Crippen LogP contribution in [0.1, 0.15) is 18.6 Å². The van der Waals surface area contributed by atoms with Crippen LogP contribution in [0, 0.1) is 0 Å². The number of aromatic hydroxyl groups is 1. The zero-order valence-electron chi connectivity index (χ0n) is 7.04. The van der Waals surface area contributed by atoms with Gasteiger partial charge in [-0.25, -0.2) is 0 Å². The molecule has 0 aliphatic carbocycles. The first kappa shape index (κ1) is 9.55. The molecule has 0 amide bonds. The van der Waals surface area contributed by atoms with Crippen molar-refractivity contribution in [1.82, 2.24) is 0 Å². The fourth-order valence-corrected chi connectivity index (χ4v) is 1.36. The Morgan fingerprint density at radius 3 is 2.75 bits per heavy atom. The summed E-state index contributed by atoms with van der Waals surface area (Å²) in [6, 6.07) is 5.29. The second-order valence-electron chi connectivity index (χ2n) is 2.58. The monoisotopic (exact) mass is 230 g/mol. The fraction of sp³-hybridized carbons (Fsp3) is 0.333. The summed E-state index contributed by atoms with van der Waals surface area (Å²) < 4.78 is 6.03. The van der Waals surface area contributed by atoms with Gasteiger partial charge in [0.2, 0.25) is 0 Å². The maximum absolute atomic E-state index is 9.44. The lowest BCUT2D eigenvalue weighted by molar-refractivity contribution is 0.117. The number of hydrogen-bond donors (Lipinski definition) is 1. The van der Waals surface area contributed by atoms with Crippen LogP contribution in [-0.2, 0) is 4.74 Å². The predicted molar refractivity (Wildman–Crippen MR) is 51.2 cm³/mol. The number of benzene rings is 1. The molecular formula is C9H11BrO2. The van der Waals surface area contributed by atoms with Gasteiger partial charge in [-0.15, -0.1) is 0 Å². The van der Waals surface area contributed by atoms with E-state index in [1.54, 1.807) is 19.2 Å². The van der Waals surface area contributed by atoms with E-state index < -0.39 is 0 Å². The highest BCUT2D eigenvalue weighted by Gasteiger charge is 2.08. The fourth-order valence-electron chi connectivity index (χ4n) is 0.978. The van der Waals surface area contributed by atoms with Crippen molar-refractivity contribution in [1.29, 1.82) is 0 Å². The summed E-state index contributed by atoms with van der Waals surface area (Å²) in [5.74, 6) is 0.271. The molecule has 1 aromatic carbocycles. The Labute approximate surface area is 80.3 Å². The van der Waals surface area contributed by atoms with E-state index in [1.165, 1.54) is 0 Å². The van der Waals surface area contributed by atoms with Gasteiger partial charge in [0, 0.05) is 17.1 Å². The zero-order chi connectivity index (χ0) is 9.14. The van der Waals surface area contributed by atoms with Gasteiger partial charge >= 0.3 is 0 Å². The standard InChI is InChI=1S/C9H11BrO2/c1-6(12-2)8-5-7(10)3-4-9(8)11/h3-6,11H,1-2H3. The molecule has 1 aromatic rings. The molecule has 0 radical (unpaired) electrons. The van der Waals surface area contributed by atoms with E-state index in [-0.39, 0.29) is 11.9 Å². The van der Waals surface area contributed by atoms with Crippen molar-refractivity contribution in [3.05, 3.63) is 28.2 Å². The second-order valence-corrected chi connectivity index (χ2v) is 3.50. The third-order valence-corrected chi connectivity index (χ3v) is 2.27. The average Bonchev–Trinajstić information content (AvgIpc) is 2.08. The van der Waals surface area contributed by atoms with Crippen LogP contribution in [0.15, 0.2) is 22.7 Å². The van der Waals surface area contributed by atoms with Crippen molar-refractivity contribution in [3.8, 4) is 5.75 Å². The first-order chi connectivity index (χ1) is 5.65. The minimum absolute atomic E-state index is 0.0810. The molecule has 0 saturated carbocycles. The number of rotatable bonds is 2. The maximum atomic E-state index is 9.44. The van der Waals surface area contributed by atoms with Gasteiger partial charge in [0.05, 0.1) is 6.10 Å². The number of halogens is 1. The largest absolute Gasteiger partial charge is 0.508 e.